The van der Waals surface area contributed by atoms with Crippen molar-refractivity contribution in [2.75, 3.05) is 19.3 Å². The van der Waals surface area contributed by atoms with E-state index in [1.807, 2.05) is 18.5 Å². The molecule has 0 radical (unpaired) electrons. The number of aromatic nitrogens is 1. The highest BCUT2D eigenvalue weighted by Crippen LogP contribution is 2.34. The molecular weight excluding hydrogens is 230 g/mol. The van der Waals surface area contributed by atoms with Gasteiger partial charge in [0.05, 0.1) is 6.07 Å². The van der Waals surface area contributed by atoms with Crippen LogP contribution in [0.2, 0.25) is 0 Å². The van der Waals surface area contributed by atoms with E-state index in [0.29, 0.717) is 0 Å². The highest BCUT2D eigenvalue weighted by molar-refractivity contribution is 8.00. The minimum Gasteiger partial charge on any atom is -0.299 e. The fourth-order valence-electron chi connectivity index (χ4n) is 2.18. The molecule has 90 valence electrons. The largest absolute Gasteiger partial charge is 0.299 e. The molecule has 3 nitrogen and oxygen atoms in total. The van der Waals surface area contributed by atoms with Crippen LogP contribution in [0.5, 0.6) is 0 Å². The summed E-state index contributed by atoms with van der Waals surface area (Å²) in [7, 11) is 0. The Balaban J connectivity index is 1.90. The van der Waals surface area contributed by atoms with Gasteiger partial charge in [-0.05, 0) is 30.7 Å². The van der Waals surface area contributed by atoms with Crippen LogP contribution in [0, 0.1) is 11.3 Å². The molecule has 0 bridgehead atoms. The lowest BCUT2D eigenvalue weighted by Gasteiger charge is -2.36. The monoisotopic (exact) mass is 247 g/mol. The van der Waals surface area contributed by atoms with Gasteiger partial charge in [0.1, 0.15) is 4.75 Å². The molecule has 0 unspecified atom stereocenters. The standard InChI is InChI=1S/C13H17N3S/c1-17-13(11-14)4-7-16(8-5-13)10-12-3-2-6-15-9-12/h2-3,6,9H,4-5,7-8,10H2,1H3. The zero-order chi connectivity index (χ0) is 12.1. The van der Waals surface area contributed by atoms with E-state index in [1.165, 1.54) is 5.56 Å². The number of pyridine rings is 1. The van der Waals surface area contributed by atoms with Crippen molar-refractivity contribution < 1.29 is 0 Å². The number of likely N-dealkylation sites (tertiary alicyclic amines) is 1. The number of piperidine rings is 1. The van der Waals surface area contributed by atoms with Crippen molar-refractivity contribution in [2.24, 2.45) is 0 Å². The normalized spacial score (nSPS) is 19.8. The van der Waals surface area contributed by atoms with Crippen LogP contribution >= 0.6 is 11.8 Å². The van der Waals surface area contributed by atoms with Crippen molar-refractivity contribution in [2.45, 2.75) is 24.1 Å². The molecule has 1 aliphatic rings. The van der Waals surface area contributed by atoms with Crippen molar-refractivity contribution in [3.8, 4) is 6.07 Å². The summed E-state index contributed by atoms with van der Waals surface area (Å²) in [5.41, 5.74) is 1.25. The quantitative estimate of drug-likeness (QED) is 0.821. The maximum Gasteiger partial charge on any atom is 0.104 e. The first-order valence-corrected chi connectivity index (χ1v) is 7.08. The molecule has 4 heteroatoms. The van der Waals surface area contributed by atoms with E-state index in [4.69, 9.17) is 0 Å². The van der Waals surface area contributed by atoms with Crippen molar-refractivity contribution in [3.63, 3.8) is 0 Å². The van der Waals surface area contributed by atoms with Crippen molar-refractivity contribution in [1.82, 2.24) is 9.88 Å². The van der Waals surface area contributed by atoms with Crippen LogP contribution in [0.3, 0.4) is 0 Å². The van der Waals surface area contributed by atoms with Gasteiger partial charge in [0.2, 0.25) is 0 Å². The van der Waals surface area contributed by atoms with E-state index in [9.17, 15) is 5.26 Å². The second kappa shape index (κ2) is 5.52. The Morgan fingerprint density at radius 2 is 2.29 bits per heavy atom. The third-order valence-corrected chi connectivity index (χ3v) is 4.67. The smallest absolute Gasteiger partial charge is 0.104 e. The number of hydrogen-bond donors (Lipinski definition) is 0. The van der Waals surface area contributed by atoms with Crippen molar-refractivity contribution >= 4 is 11.8 Å². The van der Waals surface area contributed by atoms with Crippen molar-refractivity contribution in [1.29, 1.82) is 5.26 Å². The summed E-state index contributed by atoms with van der Waals surface area (Å²) < 4.78 is -0.147. The lowest BCUT2D eigenvalue weighted by molar-refractivity contribution is 0.209. The fourth-order valence-corrected chi connectivity index (χ4v) is 2.87. The third kappa shape index (κ3) is 2.99. The van der Waals surface area contributed by atoms with Crippen LogP contribution < -0.4 is 0 Å². The molecule has 0 atom stereocenters. The van der Waals surface area contributed by atoms with Gasteiger partial charge in [0.25, 0.3) is 0 Å². The maximum atomic E-state index is 9.22. The summed E-state index contributed by atoms with van der Waals surface area (Å²) in [6.07, 6.45) is 7.69. The molecule has 2 heterocycles. The summed E-state index contributed by atoms with van der Waals surface area (Å²) in [6, 6.07) is 6.55. The number of nitriles is 1. The second-order valence-corrected chi connectivity index (χ2v) is 5.64. The third-order valence-electron chi connectivity index (χ3n) is 3.39. The highest BCUT2D eigenvalue weighted by Gasteiger charge is 2.33. The van der Waals surface area contributed by atoms with Crippen molar-refractivity contribution in [3.05, 3.63) is 30.1 Å². The lowest BCUT2D eigenvalue weighted by atomic mass is 9.97. The average molecular weight is 247 g/mol. The van der Waals surface area contributed by atoms with Gasteiger partial charge in [-0.25, -0.2) is 0 Å². The average Bonchev–Trinajstić information content (AvgIpc) is 2.41. The van der Waals surface area contributed by atoms with Crippen LogP contribution in [0.1, 0.15) is 18.4 Å². The van der Waals surface area contributed by atoms with Gasteiger partial charge in [0.15, 0.2) is 0 Å². The summed E-state index contributed by atoms with van der Waals surface area (Å²) in [4.78, 5) is 6.53. The predicted molar refractivity (Wildman–Crippen MR) is 70.6 cm³/mol. The molecule has 1 aromatic rings. The molecule has 1 saturated heterocycles. The van der Waals surface area contributed by atoms with E-state index < -0.39 is 0 Å². The SMILES string of the molecule is CSC1(C#N)CCN(Cc2cccnc2)CC1. The van der Waals surface area contributed by atoms with E-state index in [1.54, 1.807) is 18.0 Å². The first-order chi connectivity index (χ1) is 8.28. The number of thioether (sulfide) groups is 1. The Hall–Kier alpha value is -1.05. The molecule has 0 amide bonds. The maximum absolute atomic E-state index is 9.22. The number of nitrogens with zero attached hydrogens (tertiary/aromatic N) is 3. The minimum absolute atomic E-state index is 0.147. The van der Waals surface area contributed by atoms with Crippen LogP contribution in [0.15, 0.2) is 24.5 Å². The molecule has 0 aliphatic carbocycles. The van der Waals surface area contributed by atoms with Gasteiger partial charge in [0, 0.05) is 32.0 Å². The Labute approximate surface area is 107 Å². The molecule has 0 spiro atoms. The molecule has 2 rings (SSSR count). The van der Waals surface area contributed by atoms with E-state index in [0.717, 1.165) is 32.5 Å². The first-order valence-electron chi connectivity index (χ1n) is 5.86. The van der Waals surface area contributed by atoms with Gasteiger partial charge < -0.3 is 0 Å². The highest BCUT2D eigenvalue weighted by atomic mass is 32.2. The number of hydrogen-bond acceptors (Lipinski definition) is 4. The number of rotatable bonds is 3. The summed E-state index contributed by atoms with van der Waals surface area (Å²) in [5, 5.41) is 9.22. The molecule has 1 aromatic heterocycles. The van der Waals surface area contributed by atoms with Gasteiger partial charge in [-0.3, -0.25) is 9.88 Å². The minimum atomic E-state index is -0.147. The molecular formula is C13H17N3S. The Kier molecular flexibility index (Phi) is 4.03. The second-order valence-electron chi connectivity index (χ2n) is 4.45. The van der Waals surface area contributed by atoms with Crippen LogP contribution in [0.4, 0.5) is 0 Å². The zero-order valence-corrected chi connectivity index (χ0v) is 10.9. The molecule has 1 fully saturated rings. The van der Waals surface area contributed by atoms with Crippen LogP contribution in [0.25, 0.3) is 0 Å². The van der Waals surface area contributed by atoms with Gasteiger partial charge in [-0.1, -0.05) is 6.07 Å². The molecule has 0 aromatic carbocycles. The molecule has 17 heavy (non-hydrogen) atoms. The predicted octanol–water partition coefficient (Wildman–Crippen LogP) is 2.30. The Bertz CT molecular complexity index is 391. The Morgan fingerprint density at radius 3 is 2.82 bits per heavy atom. The molecule has 0 saturated carbocycles. The molecule has 1 aliphatic heterocycles. The summed E-state index contributed by atoms with van der Waals surface area (Å²) in [6.45, 7) is 2.95. The topological polar surface area (TPSA) is 39.9 Å². The van der Waals surface area contributed by atoms with E-state index in [-0.39, 0.29) is 4.75 Å². The van der Waals surface area contributed by atoms with Crippen LogP contribution in [-0.2, 0) is 6.54 Å². The van der Waals surface area contributed by atoms with Gasteiger partial charge >= 0.3 is 0 Å². The first kappa shape index (κ1) is 12.4. The van der Waals surface area contributed by atoms with Gasteiger partial charge in [-0.15, -0.1) is 11.8 Å². The van der Waals surface area contributed by atoms with Crippen LogP contribution in [-0.4, -0.2) is 34.0 Å². The zero-order valence-electron chi connectivity index (χ0n) is 10.1. The molecule has 0 N–H and O–H groups in total. The summed E-state index contributed by atoms with van der Waals surface area (Å²) >= 11 is 1.70. The fraction of sp³-hybridized carbons (Fsp3) is 0.538. The lowest BCUT2D eigenvalue weighted by Crippen LogP contribution is -2.41. The Morgan fingerprint density at radius 1 is 1.53 bits per heavy atom. The van der Waals surface area contributed by atoms with E-state index in [2.05, 4.69) is 22.0 Å². The van der Waals surface area contributed by atoms with E-state index >= 15 is 0 Å². The van der Waals surface area contributed by atoms with Gasteiger partial charge in [-0.2, -0.15) is 5.26 Å². The summed E-state index contributed by atoms with van der Waals surface area (Å²) in [5.74, 6) is 0.